The van der Waals surface area contributed by atoms with Crippen LogP contribution in [0.15, 0.2) is 54.6 Å². The van der Waals surface area contributed by atoms with Gasteiger partial charge in [-0.05, 0) is 23.3 Å². The lowest BCUT2D eigenvalue weighted by Crippen LogP contribution is -1.86. The molecule has 0 bridgehead atoms. The van der Waals surface area contributed by atoms with Gasteiger partial charge in [-0.1, -0.05) is 54.1 Å². The number of hydrogen-bond donors (Lipinski definition) is 0. The number of allylic oxidation sites excluding steroid dienone is 1. The Balaban J connectivity index is 2.51. The monoisotopic (exact) mass is 257 g/mol. The molecule has 2 rings (SSSR count). The molecule has 0 atom stereocenters. The Morgan fingerprint density at radius 1 is 0.944 bits per heavy atom. The van der Waals surface area contributed by atoms with Gasteiger partial charge in [-0.2, -0.15) is 5.26 Å². The van der Waals surface area contributed by atoms with Gasteiger partial charge in [0.1, 0.15) is 11.9 Å². The fourth-order valence-corrected chi connectivity index (χ4v) is 1.86. The highest BCUT2D eigenvalue weighted by atomic mass is 35.5. The molecule has 88 valence electrons. The average Bonchev–Trinajstić information content (AvgIpc) is 2.41. The van der Waals surface area contributed by atoms with Crippen LogP contribution in [0.2, 0.25) is 0 Å². The molecule has 2 aromatic carbocycles. The third-order valence-corrected chi connectivity index (χ3v) is 2.90. The molecule has 3 heteroatoms. The highest BCUT2D eigenvalue weighted by Crippen LogP contribution is 2.29. The molecule has 0 aliphatic rings. The van der Waals surface area contributed by atoms with Gasteiger partial charge in [-0.15, -0.1) is 0 Å². The highest BCUT2D eigenvalue weighted by Gasteiger charge is 2.09. The molecule has 0 spiro atoms. The van der Waals surface area contributed by atoms with E-state index in [1.807, 2.05) is 30.3 Å². The van der Waals surface area contributed by atoms with E-state index in [1.165, 1.54) is 12.1 Å². The second-order valence-corrected chi connectivity index (χ2v) is 4.05. The zero-order valence-electron chi connectivity index (χ0n) is 9.40. The second kappa shape index (κ2) is 5.48. The molecule has 0 saturated carbocycles. The maximum absolute atomic E-state index is 12.8. The van der Waals surface area contributed by atoms with Gasteiger partial charge in [0.2, 0.25) is 0 Å². The van der Waals surface area contributed by atoms with Gasteiger partial charge in [0.05, 0.1) is 10.6 Å². The molecule has 0 amide bonds. The summed E-state index contributed by atoms with van der Waals surface area (Å²) in [6, 6.07) is 17.0. The van der Waals surface area contributed by atoms with Gasteiger partial charge in [0, 0.05) is 0 Å². The van der Waals surface area contributed by atoms with Crippen molar-refractivity contribution in [2.75, 3.05) is 0 Å². The van der Waals surface area contributed by atoms with Crippen LogP contribution < -0.4 is 0 Å². The van der Waals surface area contributed by atoms with Crippen molar-refractivity contribution >= 4 is 22.2 Å². The molecule has 0 radical (unpaired) electrons. The summed E-state index contributed by atoms with van der Waals surface area (Å²) in [5.41, 5.74) is 1.75. The van der Waals surface area contributed by atoms with Gasteiger partial charge < -0.3 is 0 Å². The van der Waals surface area contributed by atoms with E-state index < -0.39 is 0 Å². The van der Waals surface area contributed by atoms with Crippen molar-refractivity contribution in [2.45, 2.75) is 0 Å². The van der Waals surface area contributed by atoms with E-state index >= 15 is 0 Å². The normalized spacial score (nSPS) is 11.6. The molecule has 0 unspecified atom stereocenters. The highest BCUT2D eigenvalue weighted by molar-refractivity contribution is 6.53. The van der Waals surface area contributed by atoms with Crippen LogP contribution in [0.1, 0.15) is 11.1 Å². The maximum Gasteiger partial charge on any atom is 0.123 e. The molecule has 0 aliphatic carbocycles. The van der Waals surface area contributed by atoms with Crippen LogP contribution in [-0.2, 0) is 0 Å². The van der Waals surface area contributed by atoms with Crippen molar-refractivity contribution in [2.24, 2.45) is 0 Å². The Kier molecular flexibility index (Phi) is 3.76. The van der Waals surface area contributed by atoms with E-state index in [2.05, 4.69) is 6.07 Å². The first-order chi connectivity index (χ1) is 8.72. The first-order valence-electron chi connectivity index (χ1n) is 5.33. The molecule has 0 aromatic heterocycles. The van der Waals surface area contributed by atoms with E-state index in [0.717, 1.165) is 5.56 Å². The summed E-state index contributed by atoms with van der Waals surface area (Å²) < 4.78 is 12.8. The Morgan fingerprint density at radius 2 is 1.56 bits per heavy atom. The van der Waals surface area contributed by atoms with Crippen molar-refractivity contribution in [3.8, 4) is 6.07 Å². The van der Waals surface area contributed by atoms with E-state index in [1.54, 1.807) is 12.1 Å². The quantitative estimate of drug-likeness (QED) is 0.576. The first-order valence-corrected chi connectivity index (χ1v) is 5.71. The third kappa shape index (κ3) is 2.58. The van der Waals surface area contributed by atoms with E-state index in [4.69, 9.17) is 11.6 Å². The first kappa shape index (κ1) is 12.3. The van der Waals surface area contributed by atoms with Gasteiger partial charge in [-0.3, -0.25) is 0 Å². The minimum Gasteiger partial charge on any atom is -0.207 e. The van der Waals surface area contributed by atoms with Crippen LogP contribution >= 0.6 is 11.6 Å². The molecule has 0 heterocycles. The number of nitrogens with zero attached hydrogens (tertiary/aromatic N) is 1. The van der Waals surface area contributed by atoms with Crippen LogP contribution in [0.25, 0.3) is 10.6 Å². The van der Waals surface area contributed by atoms with Crippen molar-refractivity contribution in [3.05, 3.63) is 71.5 Å². The second-order valence-electron chi connectivity index (χ2n) is 3.67. The van der Waals surface area contributed by atoms with Crippen LogP contribution in [0, 0.1) is 17.1 Å². The summed E-state index contributed by atoms with van der Waals surface area (Å²) in [5, 5.41) is 9.52. The van der Waals surface area contributed by atoms with Crippen molar-refractivity contribution < 1.29 is 4.39 Å². The molecule has 0 aliphatic heterocycles. The minimum atomic E-state index is -0.332. The standard InChI is InChI=1S/C15H9ClFN/c16-15(12-6-8-13(17)9-7-12)14(10-18)11-4-2-1-3-5-11/h1-9H. The molecular weight excluding hydrogens is 249 g/mol. The molecule has 0 N–H and O–H groups in total. The summed E-state index contributed by atoms with van der Waals surface area (Å²) in [6.07, 6.45) is 0. The fraction of sp³-hybridized carbons (Fsp3) is 0. The van der Waals surface area contributed by atoms with E-state index in [0.29, 0.717) is 16.2 Å². The number of rotatable bonds is 2. The zero-order valence-corrected chi connectivity index (χ0v) is 10.2. The van der Waals surface area contributed by atoms with Crippen LogP contribution in [0.3, 0.4) is 0 Å². The molecule has 0 fully saturated rings. The summed E-state index contributed by atoms with van der Waals surface area (Å²) in [5.74, 6) is -0.332. The lowest BCUT2D eigenvalue weighted by atomic mass is 10.0. The van der Waals surface area contributed by atoms with Gasteiger partial charge in [-0.25, -0.2) is 4.39 Å². The summed E-state index contributed by atoms with van der Waals surface area (Å²) >= 11 is 6.19. The predicted octanol–water partition coefficient (Wildman–Crippen LogP) is 4.46. The summed E-state index contributed by atoms with van der Waals surface area (Å²) in [4.78, 5) is 0. The Morgan fingerprint density at radius 3 is 2.11 bits per heavy atom. The van der Waals surface area contributed by atoms with Crippen LogP contribution in [0.4, 0.5) is 4.39 Å². The lowest BCUT2D eigenvalue weighted by molar-refractivity contribution is 0.628. The number of hydrogen-bond acceptors (Lipinski definition) is 1. The third-order valence-electron chi connectivity index (χ3n) is 2.49. The number of halogens is 2. The molecule has 1 nitrogen and oxygen atoms in total. The van der Waals surface area contributed by atoms with Crippen LogP contribution in [0.5, 0.6) is 0 Å². The molecule has 0 saturated heterocycles. The Labute approximate surface area is 110 Å². The van der Waals surface area contributed by atoms with Crippen molar-refractivity contribution in [1.82, 2.24) is 0 Å². The van der Waals surface area contributed by atoms with Crippen molar-refractivity contribution in [3.63, 3.8) is 0 Å². The van der Waals surface area contributed by atoms with Crippen LogP contribution in [-0.4, -0.2) is 0 Å². The summed E-state index contributed by atoms with van der Waals surface area (Å²) in [7, 11) is 0. The number of benzene rings is 2. The van der Waals surface area contributed by atoms with Gasteiger partial charge in [0.15, 0.2) is 0 Å². The molecular formula is C15H9ClFN. The number of nitriles is 1. The summed E-state index contributed by atoms with van der Waals surface area (Å²) in [6.45, 7) is 0. The SMILES string of the molecule is N#CC(=C(Cl)c1ccc(F)cc1)c1ccccc1. The zero-order chi connectivity index (χ0) is 13.0. The van der Waals surface area contributed by atoms with Gasteiger partial charge in [0.25, 0.3) is 0 Å². The van der Waals surface area contributed by atoms with Gasteiger partial charge >= 0.3 is 0 Å². The minimum absolute atomic E-state index is 0.323. The largest absolute Gasteiger partial charge is 0.207 e. The van der Waals surface area contributed by atoms with E-state index in [9.17, 15) is 9.65 Å². The fourth-order valence-electron chi connectivity index (χ4n) is 1.59. The van der Waals surface area contributed by atoms with Crippen molar-refractivity contribution in [1.29, 1.82) is 5.26 Å². The maximum atomic E-state index is 12.8. The average molecular weight is 258 g/mol. The molecule has 2 aromatic rings. The smallest absolute Gasteiger partial charge is 0.123 e. The Bertz CT molecular complexity index is 609. The predicted molar refractivity (Wildman–Crippen MR) is 71.1 cm³/mol. The topological polar surface area (TPSA) is 23.8 Å². The van der Waals surface area contributed by atoms with E-state index in [-0.39, 0.29) is 5.82 Å². The Hall–Kier alpha value is -2.11. The lowest BCUT2D eigenvalue weighted by Gasteiger charge is -2.04. The molecule has 18 heavy (non-hydrogen) atoms.